The van der Waals surface area contributed by atoms with Gasteiger partial charge in [0.2, 0.25) is 17.6 Å². The third kappa shape index (κ3) is 5.60. The Hall–Kier alpha value is -3.87. The van der Waals surface area contributed by atoms with E-state index in [2.05, 4.69) is 16.7 Å². The van der Waals surface area contributed by atoms with Gasteiger partial charge in [-0.25, -0.2) is 0 Å². The normalized spacial score (nSPS) is 10.8. The van der Waals surface area contributed by atoms with Gasteiger partial charge in [0, 0.05) is 18.2 Å². The van der Waals surface area contributed by atoms with E-state index in [-0.39, 0.29) is 12.5 Å². The molecule has 0 saturated heterocycles. The summed E-state index contributed by atoms with van der Waals surface area (Å²) in [7, 11) is 3.14. The van der Waals surface area contributed by atoms with Crippen LogP contribution >= 0.6 is 0 Å². The van der Waals surface area contributed by atoms with Crippen LogP contribution in [-0.4, -0.2) is 41.7 Å². The lowest BCUT2D eigenvalue weighted by atomic mass is 10.1. The standard InChI is InChI=1S/C24H25N3O4/c1-5-13-27(16-22-25-24(26-31-22)19-8-6-7-17(2)14-19)23(28)12-10-18-9-11-20(29-3)21(15-18)30-4/h5-12,14-15H,1,13,16H2,2-4H3. The number of nitrogens with zero attached hydrogens (tertiary/aromatic N) is 3. The van der Waals surface area contributed by atoms with Crippen LogP contribution in [-0.2, 0) is 11.3 Å². The molecular weight excluding hydrogens is 394 g/mol. The van der Waals surface area contributed by atoms with Crippen molar-refractivity contribution in [3.63, 3.8) is 0 Å². The second kappa shape index (κ2) is 10.2. The molecule has 0 saturated carbocycles. The Balaban J connectivity index is 1.72. The second-order valence-electron chi connectivity index (χ2n) is 6.84. The lowest BCUT2D eigenvalue weighted by Crippen LogP contribution is -2.29. The summed E-state index contributed by atoms with van der Waals surface area (Å²) < 4.78 is 15.9. The molecular formula is C24H25N3O4. The van der Waals surface area contributed by atoms with Crippen LogP contribution in [0, 0.1) is 6.92 Å². The first-order chi connectivity index (χ1) is 15.0. The summed E-state index contributed by atoms with van der Waals surface area (Å²) in [6.07, 6.45) is 4.86. The van der Waals surface area contributed by atoms with Crippen molar-refractivity contribution < 1.29 is 18.8 Å². The van der Waals surface area contributed by atoms with E-state index in [1.165, 1.54) is 6.08 Å². The van der Waals surface area contributed by atoms with Crippen LogP contribution < -0.4 is 9.47 Å². The van der Waals surface area contributed by atoms with Gasteiger partial charge in [-0.15, -0.1) is 6.58 Å². The maximum Gasteiger partial charge on any atom is 0.247 e. The maximum absolute atomic E-state index is 12.8. The Kier molecular flexibility index (Phi) is 7.22. The smallest absolute Gasteiger partial charge is 0.247 e. The number of carbonyl (C=O) groups is 1. The van der Waals surface area contributed by atoms with Gasteiger partial charge in [0.25, 0.3) is 0 Å². The molecule has 0 aliphatic rings. The molecule has 31 heavy (non-hydrogen) atoms. The number of carbonyl (C=O) groups excluding carboxylic acids is 1. The van der Waals surface area contributed by atoms with Crippen LogP contribution in [0.15, 0.2) is 65.7 Å². The van der Waals surface area contributed by atoms with Crippen LogP contribution in [0.1, 0.15) is 17.0 Å². The summed E-state index contributed by atoms with van der Waals surface area (Å²) >= 11 is 0. The highest BCUT2D eigenvalue weighted by Crippen LogP contribution is 2.28. The minimum absolute atomic E-state index is 0.180. The van der Waals surface area contributed by atoms with E-state index < -0.39 is 0 Å². The highest BCUT2D eigenvalue weighted by Gasteiger charge is 2.16. The molecule has 1 amide bonds. The zero-order valence-corrected chi connectivity index (χ0v) is 17.9. The van der Waals surface area contributed by atoms with Crippen molar-refractivity contribution in [2.24, 2.45) is 0 Å². The predicted octanol–water partition coefficient (Wildman–Crippen LogP) is 4.29. The summed E-state index contributed by atoms with van der Waals surface area (Å²) in [4.78, 5) is 18.7. The SMILES string of the molecule is C=CCN(Cc1nc(-c2cccc(C)c2)no1)C(=O)C=Cc1ccc(OC)c(OC)c1. The van der Waals surface area contributed by atoms with Crippen LogP contribution in [0.2, 0.25) is 0 Å². The van der Waals surface area contributed by atoms with Gasteiger partial charge in [0.1, 0.15) is 6.54 Å². The highest BCUT2D eigenvalue weighted by molar-refractivity contribution is 5.91. The maximum atomic E-state index is 12.8. The quantitative estimate of drug-likeness (QED) is 0.380. The van der Waals surface area contributed by atoms with E-state index >= 15 is 0 Å². The number of aryl methyl sites for hydroxylation is 1. The van der Waals surface area contributed by atoms with Gasteiger partial charge >= 0.3 is 0 Å². The lowest BCUT2D eigenvalue weighted by Gasteiger charge is -2.16. The molecule has 0 radical (unpaired) electrons. The van der Waals surface area contributed by atoms with Gasteiger partial charge in [-0.05, 0) is 36.8 Å². The summed E-state index contributed by atoms with van der Waals surface area (Å²) in [6, 6.07) is 13.3. The van der Waals surface area contributed by atoms with Crippen molar-refractivity contribution in [1.29, 1.82) is 0 Å². The van der Waals surface area contributed by atoms with Crippen molar-refractivity contribution in [2.45, 2.75) is 13.5 Å². The Morgan fingerprint density at radius 2 is 1.97 bits per heavy atom. The molecule has 2 aromatic carbocycles. The summed E-state index contributed by atoms with van der Waals surface area (Å²) in [5.41, 5.74) is 2.78. The average molecular weight is 419 g/mol. The van der Waals surface area contributed by atoms with E-state index in [9.17, 15) is 4.79 Å². The molecule has 0 aliphatic heterocycles. The number of hydrogen-bond donors (Lipinski definition) is 0. The minimum Gasteiger partial charge on any atom is -0.493 e. The fourth-order valence-corrected chi connectivity index (χ4v) is 3.00. The Labute approximate surface area is 181 Å². The van der Waals surface area contributed by atoms with Crippen molar-refractivity contribution in [3.8, 4) is 22.9 Å². The fourth-order valence-electron chi connectivity index (χ4n) is 3.00. The Morgan fingerprint density at radius 3 is 2.68 bits per heavy atom. The lowest BCUT2D eigenvalue weighted by molar-refractivity contribution is -0.126. The average Bonchev–Trinajstić information content (AvgIpc) is 3.25. The molecule has 0 spiro atoms. The van der Waals surface area contributed by atoms with Crippen LogP contribution in [0.4, 0.5) is 0 Å². The second-order valence-corrected chi connectivity index (χ2v) is 6.84. The van der Waals surface area contributed by atoms with Crippen molar-refractivity contribution in [2.75, 3.05) is 20.8 Å². The molecule has 0 unspecified atom stereocenters. The topological polar surface area (TPSA) is 77.7 Å². The Morgan fingerprint density at radius 1 is 1.16 bits per heavy atom. The minimum atomic E-state index is -0.204. The molecule has 0 aliphatic carbocycles. The van der Waals surface area contributed by atoms with Gasteiger partial charge in [0.05, 0.1) is 14.2 Å². The van der Waals surface area contributed by atoms with Crippen LogP contribution in [0.3, 0.4) is 0 Å². The van der Waals surface area contributed by atoms with Gasteiger partial charge in [-0.2, -0.15) is 4.98 Å². The number of rotatable bonds is 9. The first-order valence-corrected chi connectivity index (χ1v) is 9.73. The first-order valence-electron chi connectivity index (χ1n) is 9.73. The van der Waals surface area contributed by atoms with E-state index in [4.69, 9.17) is 14.0 Å². The largest absolute Gasteiger partial charge is 0.493 e. The van der Waals surface area contributed by atoms with E-state index in [1.807, 2.05) is 37.3 Å². The van der Waals surface area contributed by atoms with Crippen LogP contribution in [0.25, 0.3) is 17.5 Å². The monoisotopic (exact) mass is 419 g/mol. The van der Waals surface area contributed by atoms with Crippen molar-refractivity contribution >= 4 is 12.0 Å². The predicted molar refractivity (Wildman–Crippen MR) is 119 cm³/mol. The zero-order chi connectivity index (χ0) is 22.2. The van der Waals surface area contributed by atoms with E-state index in [1.54, 1.807) is 43.4 Å². The molecule has 3 aromatic rings. The van der Waals surface area contributed by atoms with E-state index in [0.29, 0.717) is 29.8 Å². The number of amides is 1. The third-order valence-electron chi connectivity index (χ3n) is 4.56. The first kappa shape index (κ1) is 21.8. The molecule has 3 rings (SSSR count). The summed E-state index contributed by atoms with van der Waals surface area (Å²) in [5, 5.41) is 4.04. The van der Waals surface area contributed by atoms with Gasteiger partial charge in [-0.3, -0.25) is 4.79 Å². The molecule has 0 atom stereocenters. The molecule has 0 bridgehead atoms. The van der Waals surface area contributed by atoms with Crippen LogP contribution in [0.5, 0.6) is 11.5 Å². The molecule has 1 heterocycles. The van der Waals surface area contributed by atoms with Gasteiger partial charge in [0.15, 0.2) is 11.5 Å². The van der Waals surface area contributed by atoms with Gasteiger partial charge < -0.3 is 18.9 Å². The Bertz CT molecular complexity index is 1090. The van der Waals surface area contributed by atoms with E-state index in [0.717, 1.165) is 16.7 Å². The highest BCUT2D eigenvalue weighted by atomic mass is 16.5. The number of ether oxygens (including phenoxy) is 2. The summed E-state index contributed by atoms with van der Waals surface area (Å²) in [6.45, 7) is 6.26. The molecule has 0 N–H and O–H groups in total. The number of hydrogen-bond acceptors (Lipinski definition) is 6. The van der Waals surface area contributed by atoms with Crippen molar-refractivity contribution in [1.82, 2.24) is 15.0 Å². The fraction of sp³-hybridized carbons (Fsp3) is 0.208. The number of methoxy groups -OCH3 is 2. The van der Waals surface area contributed by atoms with Crippen molar-refractivity contribution in [3.05, 3.63) is 78.2 Å². The molecule has 160 valence electrons. The number of benzene rings is 2. The molecule has 7 nitrogen and oxygen atoms in total. The molecule has 7 heteroatoms. The third-order valence-corrected chi connectivity index (χ3v) is 4.56. The van der Waals surface area contributed by atoms with Gasteiger partial charge in [-0.1, -0.05) is 41.1 Å². The number of aromatic nitrogens is 2. The zero-order valence-electron chi connectivity index (χ0n) is 17.9. The molecule has 0 fully saturated rings. The summed E-state index contributed by atoms with van der Waals surface area (Å²) in [5.74, 6) is 1.86. The molecule has 1 aromatic heterocycles.